The molecule has 0 spiro atoms. The van der Waals surface area contributed by atoms with E-state index in [2.05, 4.69) is 0 Å². The lowest BCUT2D eigenvalue weighted by atomic mass is 10.1. The highest BCUT2D eigenvalue weighted by Crippen LogP contribution is 2.40. The molecule has 0 aliphatic carbocycles. The maximum absolute atomic E-state index is 14.6. The third kappa shape index (κ3) is 7.60. The van der Waals surface area contributed by atoms with Crippen LogP contribution >= 0.6 is 0 Å². The minimum atomic E-state index is -4.49. The molecule has 0 aromatic heterocycles. The Morgan fingerprint density at radius 2 is 0.765 bits per heavy atom. The van der Waals surface area contributed by atoms with Crippen LogP contribution in [-0.2, 0) is 30.1 Å². The first-order chi connectivity index (χ1) is 24.1. The Labute approximate surface area is 296 Å². The van der Waals surface area contributed by atoms with E-state index >= 15 is 0 Å². The van der Waals surface area contributed by atoms with E-state index in [0.29, 0.717) is 11.1 Å². The molecule has 0 saturated carbocycles. The van der Waals surface area contributed by atoms with Crippen molar-refractivity contribution in [2.45, 2.75) is 33.4 Å². The fourth-order valence-corrected chi connectivity index (χ4v) is 8.71. The number of phenols is 2. The zero-order chi connectivity index (χ0) is 36.6. The number of benzene rings is 6. The Balaban J connectivity index is 1.48. The van der Waals surface area contributed by atoms with Gasteiger partial charge in [-0.3, -0.25) is 0 Å². The van der Waals surface area contributed by atoms with E-state index in [4.69, 9.17) is 8.37 Å². The van der Waals surface area contributed by atoms with Gasteiger partial charge in [-0.15, -0.1) is 0 Å². The minimum absolute atomic E-state index is 0.0607. The van der Waals surface area contributed by atoms with Gasteiger partial charge in [-0.1, -0.05) is 59.7 Å². The molecule has 0 atom stereocenters. The molecule has 2 N–H and O–H groups in total. The first kappa shape index (κ1) is 35.2. The molecule has 0 unspecified atom stereocenters. The topological polar surface area (TPSA) is 161 Å². The second-order valence-electron chi connectivity index (χ2n) is 11.6. The average Bonchev–Trinajstić information content (AvgIpc) is 3.09. The molecule has 0 aliphatic rings. The zero-order valence-corrected chi connectivity index (χ0v) is 29.5. The van der Waals surface area contributed by atoms with Crippen LogP contribution in [-0.4, -0.2) is 35.5 Å². The maximum Gasteiger partial charge on any atom is 0.339 e. The van der Waals surface area contributed by atoms with Gasteiger partial charge < -0.3 is 18.6 Å². The lowest BCUT2D eigenvalue weighted by Gasteiger charge is -2.17. The van der Waals surface area contributed by atoms with Crippen molar-refractivity contribution in [3.63, 3.8) is 0 Å². The van der Waals surface area contributed by atoms with Crippen molar-refractivity contribution < 1.29 is 43.8 Å². The highest BCUT2D eigenvalue weighted by molar-refractivity contribution is 7.91. The Morgan fingerprint density at radius 3 is 1.10 bits per heavy atom. The normalized spacial score (nSPS) is 12.0. The number of rotatable bonds is 10. The second-order valence-corrected chi connectivity index (χ2v) is 16.6. The average molecular weight is 743 g/mol. The van der Waals surface area contributed by atoms with Crippen LogP contribution in [0.3, 0.4) is 0 Å². The van der Waals surface area contributed by atoms with Gasteiger partial charge in [0.1, 0.15) is 32.8 Å². The molecule has 51 heavy (non-hydrogen) atoms. The van der Waals surface area contributed by atoms with Crippen molar-refractivity contribution in [2.75, 3.05) is 0 Å². The van der Waals surface area contributed by atoms with E-state index in [0.717, 1.165) is 11.1 Å². The molecule has 0 fully saturated rings. The number of sulfone groups is 1. The zero-order valence-electron chi connectivity index (χ0n) is 27.1. The molecule has 13 heteroatoms. The molecule has 10 nitrogen and oxygen atoms in total. The van der Waals surface area contributed by atoms with Crippen LogP contribution in [0.25, 0.3) is 22.3 Å². The molecular formula is C38H30O10S3. The largest absolute Gasteiger partial charge is 0.508 e. The van der Waals surface area contributed by atoms with E-state index in [1.807, 2.05) is 0 Å². The summed E-state index contributed by atoms with van der Waals surface area (Å²) in [5.74, 6) is -0.491. The lowest BCUT2D eigenvalue weighted by Crippen LogP contribution is -2.11. The molecule has 0 amide bonds. The molecule has 6 rings (SSSR count). The summed E-state index contributed by atoms with van der Waals surface area (Å²) in [5, 5.41) is 19.9. The van der Waals surface area contributed by atoms with Crippen LogP contribution in [0.2, 0.25) is 0 Å². The van der Waals surface area contributed by atoms with Crippen LogP contribution in [0.4, 0.5) is 0 Å². The van der Waals surface area contributed by atoms with E-state index < -0.39 is 30.1 Å². The van der Waals surface area contributed by atoms with Gasteiger partial charge in [-0.25, -0.2) is 8.42 Å². The molecule has 6 aromatic rings. The van der Waals surface area contributed by atoms with Gasteiger partial charge in [0.15, 0.2) is 0 Å². The summed E-state index contributed by atoms with van der Waals surface area (Å²) in [6, 6.07) is 30.8. The summed E-state index contributed by atoms with van der Waals surface area (Å²) in [4.78, 5) is -0.675. The molecular weight excluding hydrogens is 713 g/mol. The molecule has 0 saturated heterocycles. The SMILES string of the molecule is Cc1ccc(S(=O)(=O)Oc2ccc(S(=O)(=O)c3ccc(OS(=O)(=O)c4ccc(C)cc4)cc3-c3ccc(O)cc3)c(-c3ccc(O)cc3)c2)cc1. The van der Waals surface area contributed by atoms with Gasteiger partial charge >= 0.3 is 20.2 Å². The highest BCUT2D eigenvalue weighted by Gasteiger charge is 2.28. The van der Waals surface area contributed by atoms with Gasteiger partial charge in [0.25, 0.3) is 0 Å². The lowest BCUT2D eigenvalue weighted by molar-refractivity contribution is 0.475. The number of aromatic hydroxyl groups is 2. The molecule has 0 heterocycles. The number of hydrogen-bond acceptors (Lipinski definition) is 10. The molecule has 0 radical (unpaired) electrons. The molecule has 0 bridgehead atoms. The Hall–Kier alpha value is -5.63. The van der Waals surface area contributed by atoms with Gasteiger partial charge in [-0.2, -0.15) is 16.8 Å². The standard InChI is InChI=1S/C38H30O10S3/c1-25-3-17-33(18-4-25)50(43,44)47-31-15-21-37(35(23-31)27-7-11-29(39)12-8-27)49(41,42)38-22-16-32(24-36(38)28-9-13-30(40)14-10-28)48-51(45,46)34-19-5-26(2)6-20-34/h3-24,39-40H,1-2H3. The van der Waals surface area contributed by atoms with E-state index in [1.165, 1.54) is 109 Å². The van der Waals surface area contributed by atoms with Gasteiger partial charge in [0.2, 0.25) is 9.84 Å². The first-order valence-electron chi connectivity index (χ1n) is 15.3. The highest BCUT2D eigenvalue weighted by atomic mass is 32.2. The third-order valence-corrected chi connectivity index (χ3v) is 12.3. The number of hydrogen-bond donors (Lipinski definition) is 2. The monoisotopic (exact) mass is 742 g/mol. The van der Waals surface area contributed by atoms with Gasteiger partial charge in [-0.05, 0) is 110 Å². The summed E-state index contributed by atoms with van der Waals surface area (Å²) in [7, 11) is -13.1. The predicted octanol–water partition coefficient (Wildman–Crippen LogP) is 7.42. The Morgan fingerprint density at radius 1 is 0.431 bits per heavy atom. The van der Waals surface area contributed by atoms with Crippen LogP contribution in [0, 0.1) is 13.8 Å². The van der Waals surface area contributed by atoms with Gasteiger partial charge in [0.05, 0.1) is 9.79 Å². The summed E-state index contributed by atoms with van der Waals surface area (Å²) in [6.45, 7) is 3.61. The predicted molar refractivity (Wildman–Crippen MR) is 191 cm³/mol. The van der Waals surface area contributed by atoms with Crippen molar-refractivity contribution in [2.24, 2.45) is 0 Å². The van der Waals surface area contributed by atoms with Crippen molar-refractivity contribution >= 4 is 30.1 Å². The smallest absolute Gasteiger partial charge is 0.339 e. The van der Waals surface area contributed by atoms with Crippen LogP contribution < -0.4 is 8.37 Å². The third-order valence-electron chi connectivity index (χ3n) is 7.87. The molecule has 260 valence electrons. The Kier molecular flexibility index (Phi) is 9.38. The first-order valence-corrected chi connectivity index (χ1v) is 19.6. The number of aryl methyl sites for hydroxylation is 2. The van der Waals surface area contributed by atoms with Crippen molar-refractivity contribution in [3.05, 3.63) is 145 Å². The quantitative estimate of drug-likeness (QED) is 0.135. The van der Waals surface area contributed by atoms with E-state index in [-0.39, 0.29) is 53.7 Å². The summed E-state index contributed by atoms with van der Waals surface area (Å²) >= 11 is 0. The van der Waals surface area contributed by atoms with Crippen LogP contribution in [0.15, 0.2) is 153 Å². The van der Waals surface area contributed by atoms with Crippen LogP contribution in [0.5, 0.6) is 23.0 Å². The summed E-state index contributed by atoms with van der Waals surface area (Å²) in [5.41, 5.74) is 2.45. The molecule has 6 aromatic carbocycles. The van der Waals surface area contributed by atoms with E-state index in [1.54, 1.807) is 38.1 Å². The Bertz CT molecular complexity index is 2390. The van der Waals surface area contributed by atoms with Gasteiger partial charge in [0, 0.05) is 11.1 Å². The summed E-state index contributed by atoms with van der Waals surface area (Å²) in [6.07, 6.45) is 0. The fourth-order valence-electron chi connectivity index (χ4n) is 5.20. The minimum Gasteiger partial charge on any atom is -0.508 e. The van der Waals surface area contributed by atoms with Crippen molar-refractivity contribution in [1.29, 1.82) is 0 Å². The van der Waals surface area contributed by atoms with Crippen molar-refractivity contribution in [1.82, 2.24) is 0 Å². The van der Waals surface area contributed by atoms with Crippen LogP contribution in [0.1, 0.15) is 11.1 Å². The maximum atomic E-state index is 14.6. The summed E-state index contributed by atoms with van der Waals surface area (Å²) < 4.78 is 92.6. The molecule has 0 aliphatic heterocycles. The fraction of sp³-hybridized carbons (Fsp3) is 0.0526. The second kappa shape index (κ2) is 13.6. The van der Waals surface area contributed by atoms with E-state index in [9.17, 15) is 35.5 Å². The number of phenolic OH excluding ortho intramolecular Hbond substituents is 2. The van der Waals surface area contributed by atoms with Crippen molar-refractivity contribution in [3.8, 4) is 45.3 Å².